The summed E-state index contributed by atoms with van der Waals surface area (Å²) < 4.78 is 0. The average molecular weight is 208 g/mol. The summed E-state index contributed by atoms with van der Waals surface area (Å²) in [5.41, 5.74) is 0. The number of unbranched alkanes of at least 4 members (excludes halogenated alkanes) is 1. The Labute approximate surface area is 94.4 Å². The van der Waals surface area contributed by atoms with Crippen LogP contribution in [0.15, 0.2) is 0 Å². The molecule has 0 spiro atoms. The second-order valence-corrected chi connectivity index (χ2v) is 4.30. The highest BCUT2D eigenvalue weighted by atomic mass is 15.2. The van der Waals surface area contributed by atoms with E-state index in [4.69, 9.17) is 6.42 Å². The van der Waals surface area contributed by atoms with Gasteiger partial charge in [-0.1, -0.05) is 13.3 Å². The quantitative estimate of drug-likeness (QED) is 0.529. The molecule has 1 aliphatic rings. The molecule has 1 unspecified atom stereocenters. The Morgan fingerprint density at radius 1 is 1.47 bits per heavy atom. The zero-order chi connectivity index (χ0) is 10.9. The van der Waals surface area contributed by atoms with Crippen LogP contribution < -0.4 is 5.32 Å². The van der Waals surface area contributed by atoms with E-state index in [9.17, 15) is 0 Å². The summed E-state index contributed by atoms with van der Waals surface area (Å²) in [5, 5.41) is 3.46. The average Bonchev–Trinajstić information content (AvgIpc) is 2.28. The first-order chi connectivity index (χ1) is 7.38. The molecule has 0 aromatic carbocycles. The van der Waals surface area contributed by atoms with Crippen molar-refractivity contribution in [2.45, 2.75) is 45.1 Å². The molecule has 1 heterocycles. The van der Waals surface area contributed by atoms with Crippen LogP contribution >= 0.6 is 0 Å². The van der Waals surface area contributed by atoms with Gasteiger partial charge in [-0.15, -0.1) is 12.3 Å². The second-order valence-electron chi connectivity index (χ2n) is 4.30. The minimum absolute atomic E-state index is 0.747. The molecular weight excluding hydrogens is 184 g/mol. The van der Waals surface area contributed by atoms with Crippen molar-refractivity contribution in [1.82, 2.24) is 10.2 Å². The Morgan fingerprint density at radius 2 is 2.33 bits per heavy atom. The van der Waals surface area contributed by atoms with Crippen molar-refractivity contribution in [2.75, 3.05) is 26.2 Å². The minimum Gasteiger partial charge on any atom is -0.315 e. The van der Waals surface area contributed by atoms with Crippen molar-refractivity contribution in [3.05, 3.63) is 0 Å². The third-order valence-electron chi connectivity index (χ3n) is 3.15. The summed E-state index contributed by atoms with van der Waals surface area (Å²) in [5.74, 6) is 2.72. The standard InChI is InChI=1S/C13H24N2/c1-3-5-7-10-15-11-8-6-9-13(15)12-14-4-2/h1,13-14H,4-12H2,2H3. The highest BCUT2D eigenvalue weighted by molar-refractivity contribution is 4.85. The van der Waals surface area contributed by atoms with Crippen LogP contribution in [0.3, 0.4) is 0 Å². The summed E-state index contributed by atoms with van der Waals surface area (Å²) in [4.78, 5) is 2.61. The first-order valence-electron chi connectivity index (χ1n) is 6.26. The molecule has 1 aliphatic heterocycles. The van der Waals surface area contributed by atoms with Crippen LogP contribution in [0.2, 0.25) is 0 Å². The monoisotopic (exact) mass is 208 g/mol. The van der Waals surface area contributed by atoms with E-state index in [1.165, 1.54) is 32.4 Å². The zero-order valence-corrected chi connectivity index (χ0v) is 9.97. The van der Waals surface area contributed by atoms with Gasteiger partial charge in [0.05, 0.1) is 0 Å². The SMILES string of the molecule is C#CCCCN1CCCCC1CNCC. The molecule has 15 heavy (non-hydrogen) atoms. The number of rotatable bonds is 6. The van der Waals surface area contributed by atoms with E-state index in [1.54, 1.807) is 0 Å². The van der Waals surface area contributed by atoms with Crippen LogP contribution in [-0.2, 0) is 0 Å². The van der Waals surface area contributed by atoms with Gasteiger partial charge in [0.1, 0.15) is 0 Å². The number of nitrogens with one attached hydrogen (secondary N) is 1. The molecule has 1 atom stereocenters. The predicted molar refractivity (Wildman–Crippen MR) is 65.8 cm³/mol. The number of hydrogen-bond donors (Lipinski definition) is 1. The normalized spacial score (nSPS) is 22.5. The van der Waals surface area contributed by atoms with Gasteiger partial charge in [-0.05, 0) is 38.9 Å². The van der Waals surface area contributed by atoms with Gasteiger partial charge in [-0.2, -0.15) is 0 Å². The maximum absolute atomic E-state index is 5.28. The van der Waals surface area contributed by atoms with E-state index >= 15 is 0 Å². The molecule has 1 rings (SSSR count). The molecule has 0 aromatic heterocycles. The molecule has 0 radical (unpaired) electrons. The molecule has 1 fully saturated rings. The van der Waals surface area contributed by atoms with E-state index < -0.39 is 0 Å². The fourth-order valence-electron chi connectivity index (χ4n) is 2.28. The molecular formula is C13H24N2. The van der Waals surface area contributed by atoms with E-state index in [0.717, 1.165) is 32.0 Å². The molecule has 1 saturated heterocycles. The topological polar surface area (TPSA) is 15.3 Å². The smallest absolute Gasteiger partial charge is 0.0220 e. The van der Waals surface area contributed by atoms with E-state index in [2.05, 4.69) is 23.1 Å². The van der Waals surface area contributed by atoms with Gasteiger partial charge in [-0.3, -0.25) is 4.90 Å². The Hall–Kier alpha value is -0.520. The van der Waals surface area contributed by atoms with Crippen LogP contribution in [-0.4, -0.2) is 37.1 Å². The van der Waals surface area contributed by atoms with E-state index in [1.807, 2.05) is 0 Å². The fraction of sp³-hybridized carbons (Fsp3) is 0.846. The third-order valence-corrected chi connectivity index (χ3v) is 3.15. The molecule has 2 heteroatoms. The van der Waals surface area contributed by atoms with Gasteiger partial charge in [0.25, 0.3) is 0 Å². The number of terminal acetylenes is 1. The molecule has 1 N–H and O–H groups in total. The van der Waals surface area contributed by atoms with Crippen molar-refractivity contribution in [3.8, 4) is 12.3 Å². The number of hydrogen-bond acceptors (Lipinski definition) is 2. The van der Waals surface area contributed by atoms with Crippen LogP contribution in [0.25, 0.3) is 0 Å². The molecule has 0 aromatic rings. The largest absolute Gasteiger partial charge is 0.315 e. The van der Waals surface area contributed by atoms with Gasteiger partial charge in [0.2, 0.25) is 0 Å². The van der Waals surface area contributed by atoms with Gasteiger partial charge < -0.3 is 5.32 Å². The lowest BCUT2D eigenvalue weighted by atomic mass is 10.0. The fourth-order valence-corrected chi connectivity index (χ4v) is 2.28. The lowest BCUT2D eigenvalue weighted by molar-refractivity contribution is 0.145. The predicted octanol–water partition coefficient (Wildman–Crippen LogP) is 1.86. The highest BCUT2D eigenvalue weighted by Crippen LogP contribution is 2.16. The Bertz CT molecular complexity index is 195. The van der Waals surface area contributed by atoms with E-state index in [-0.39, 0.29) is 0 Å². The number of piperidine rings is 1. The molecule has 0 bridgehead atoms. The Morgan fingerprint density at radius 3 is 3.07 bits per heavy atom. The Kier molecular flexibility index (Phi) is 6.47. The van der Waals surface area contributed by atoms with Crippen LogP contribution in [0.4, 0.5) is 0 Å². The van der Waals surface area contributed by atoms with Crippen molar-refractivity contribution in [2.24, 2.45) is 0 Å². The van der Waals surface area contributed by atoms with Crippen LogP contribution in [0, 0.1) is 12.3 Å². The Balaban J connectivity index is 2.26. The lowest BCUT2D eigenvalue weighted by Gasteiger charge is -2.35. The zero-order valence-electron chi connectivity index (χ0n) is 9.97. The second kappa shape index (κ2) is 7.73. The molecule has 0 aliphatic carbocycles. The highest BCUT2D eigenvalue weighted by Gasteiger charge is 2.20. The maximum Gasteiger partial charge on any atom is 0.0220 e. The minimum atomic E-state index is 0.747. The molecule has 86 valence electrons. The number of nitrogens with zero attached hydrogens (tertiary/aromatic N) is 1. The number of likely N-dealkylation sites (N-methyl/N-ethyl adjacent to an activating group) is 1. The number of likely N-dealkylation sites (tertiary alicyclic amines) is 1. The van der Waals surface area contributed by atoms with Gasteiger partial charge in [-0.25, -0.2) is 0 Å². The summed E-state index contributed by atoms with van der Waals surface area (Å²) in [7, 11) is 0. The first kappa shape index (κ1) is 12.5. The summed E-state index contributed by atoms with van der Waals surface area (Å²) in [6.07, 6.45) is 11.5. The summed E-state index contributed by atoms with van der Waals surface area (Å²) in [6.45, 7) is 6.84. The van der Waals surface area contributed by atoms with Gasteiger partial charge >= 0.3 is 0 Å². The lowest BCUT2D eigenvalue weighted by Crippen LogP contribution is -2.45. The van der Waals surface area contributed by atoms with Crippen molar-refractivity contribution >= 4 is 0 Å². The van der Waals surface area contributed by atoms with Crippen LogP contribution in [0.5, 0.6) is 0 Å². The van der Waals surface area contributed by atoms with Crippen molar-refractivity contribution in [3.63, 3.8) is 0 Å². The summed E-state index contributed by atoms with van der Waals surface area (Å²) in [6, 6.07) is 0.747. The van der Waals surface area contributed by atoms with Gasteiger partial charge in [0.15, 0.2) is 0 Å². The molecule has 2 nitrogen and oxygen atoms in total. The molecule has 0 amide bonds. The van der Waals surface area contributed by atoms with Crippen LogP contribution in [0.1, 0.15) is 39.0 Å². The molecule has 0 saturated carbocycles. The van der Waals surface area contributed by atoms with E-state index in [0.29, 0.717) is 0 Å². The van der Waals surface area contributed by atoms with Crippen molar-refractivity contribution < 1.29 is 0 Å². The first-order valence-corrected chi connectivity index (χ1v) is 6.26. The van der Waals surface area contributed by atoms with Crippen molar-refractivity contribution in [1.29, 1.82) is 0 Å². The van der Waals surface area contributed by atoms with Gasteiger partial charge in [0, 0.05) is 19.0 Å². The maximum atomic E-state index is 5.28. The third kappa shape index (κ3) is 4.68. The summed E-state index contributed by atoms with van der Waals surface area (Å²) >= 11 is 0.